The van der Waals surface area contributed by atoms with Gasteiger partial charge in [0.15, 0.2) is 5.58 Å². The molecule has 0 aliphatic rings. The first-order chi connectivity index (χ1) is 7.25. The van der Waals surface area contributed by atoms with E-state index in [1.807, 2.05) is 12.1 Å². The maximum atomic E-state index is 13.0. The zero-order valence-electron chi connectivity index (χ0n) is 7.83. The molecule has 3 heteroatoms. The second kappa shape index (κ2) is 2.73. The standard InChI is InChI=1S/C12H8FNO/c13-7-4-5-8-9-2-1-3-10(14)12(9)15-11(8)6-7/h1-6H,14H2. The highest BCUT2D eigenvalue weighted by Crippen LogP contribution is 2.32. The summed E-state index contributed by atoms with van der Waals surface area (Å²) in [5.74, 6) is -0.305. The largest absolute Gasteiger partial charge is 0.454 e. The van der Waals surface area contributed by atoms with Crippen LogP contribution in [0.2, 0.25) is 0 Å². The smallest absolute Gasteiger partial charge is 0.158 e. The molecule has 0 fully saturated rings. The fourth-order valence-corrected chi connectivity index (χ4v) is 1.79. The molecule has 0 bridgehead atoms. The van der Waals surface area contributed by atoms with Gasteiger partial charge in [0, 0.05) is 16.8 Å². The van der Waals surface area contributed by atoms with Crippen molar-refractivity contribution in [3.8, 4) is 0 Å². The third kappa shape index (κ3) is 1.09. The highest BCUT2D eigenvalue weighted by Gasteiger charge is 2.08. The molecule has 0 atom stereocenters. The number of rotatable bonds is 0. The fourth-order valence-electron chi connectivity index (χ4n) is 1.79. The predicted molar refractivity (Wildman–Crippen MR) is 58.1 cm³/mol. The third-order valence-corrected chi connectivity index (χ3v) is 2.49. The molecule has 0 radical (unpaired) electrons. The van der Waals surface area contributed by atoms with Gasteiger partial charge in [-0.05, 0) is 18.2 Å². The minimum atomic E-state index is -0.305. The van der Waals surface area contributed by atoms with Crippen molar-refractivity contribution >= 4 is 27.6 Å². The van der Waals surface area contributed by atoms with E-state index in [-0.39, 0.29) is 5.82 Å². The summed E-state index contributed by atoms with van der Waals surface area (Å²) in [7, 11) is 0. The summed E-state index contributed by atoms with van der Waals surface area (Å²) < 4.78 is 18.5. The molecule has 1 aromatic heterocycles. The van der Waals surface area contributed by atoms with Crippen LogP contribution in [0.1, 0.15) is 0 Å². The maximum absolute atomic E-state index is 13.0. The summed E-state index contributed by atoms with van der Waals surface area (Å²) in [5, 5.41) is 1.81. The van der Waals surface area contributed by atoms with E-state index in [2.05, 4.69) is 0 Å². The molecule has 0 aliphatic carbocycles. The quantitative estimate of drug-likeness (QED) is 0.567. The van der Waals surface area contributed by atoms with Crippen LogP contribution in [0, 0.1) is 5.82 Å². The molecule has 0 aliphatic heterocycles. The van der Waals surface area contributed by atoms with E-state index >= 15 is 0 Å². The van der Waals surface area contributed by atoms with E-state index in [1.165, 1.54) is 12.1 Å². The number of fused-ring (bicyclic) bond motifs is 3. The van der Waals surface area contributed by atoms with Crippen LogP contribution in [0.3, 0.4) is 0 Å². The number of halogens is 1. The van der Waals surface area contributed by atoms with Crippen molar-refractivity contribution in [3.63, 3.8) is 0 Å². The molecule has 2 aromatic carbocycles. The van der Waals surface area contributed by atoms with Gasteiger partial charge in [-0.15, -0.1) is 0 Å². The van der Waals surface area contributed by atoms with Crippen LogP contribution < -0.4 is 5.73 Å². The Morgan fingerprint density at radius 3 is 2.80 bits per heavy atom. The summed E-state index contributed by atoms with van der Waals surface area (Å²) in [5.41, 5.74) is 7.50. The Labute approximate surface area is 85.1 Å². The molecular weight excluding hydrogens is 193 g/mol. The summed E-state index contributed by atoms with van der Waals surface area (Å²) >= 11 is 0. The van der Waals surface area contributed by atoms with E-state index in [1.54, 1.807) is 12.1 Å². The minimum absolute atomic E-state index is 0.305. The van der Waals surface area contributed by atoms with Crippen LogP contribution in [-0.4, -0.2) is 0 Å². The maximum Gasteiger partial charge on any atom is 0.158 e. The number of anilines is 1. The first kappa shape index (κ1) is 8.29. The van der Waals surface area contributed by atoms with Crippen LogP contribution in [0.25, 0.3) is 21.9 Å². The lowest BCUT2D eigenvalue weighted by molar-refractivity contribution is 0.618. The molecule has 1 heterocycles. The number of hydrogen-bond acceptors (Lipinski definition) is 2. The fraction of sp³-hybridized carbons (Fsp3) is 0. The minimum Gasteiger partial charge on any atom is -0.454 e. The van der Waals surface area contributed by atoms with Crippen molar-refractivity contribution < 1.29 is 8.81 Å². The second-order valence-corrected chi connectivity index (χ2v) is 3.47. The van der Waals surface area contributed by atoms with Crippen molar-refractivity contribution in [2.45, 2.75) is 0 Å². The van der Waals surface area contributed by atoms with Gasteiger partial charge in [-0.3, -0.25) is 0 Å². The van der Waals surface area contributed by atoms with Gasteiger partial charge in [-0.1, -0.05) is 12.1 Å². The van der Waals surface area contributed by atoms with Crippen LogP contribution in [0.5, 0.6) is 0 Å². The van der Waals surface area contributed by atoms with Gasteiger partial charge in [-0.2, -0.15) is 0 Å². The number of para-hydroxylation sites is 1. The topological polar surface area (TPSA) is 39.2 Å². The van der Waals surface area contributed by atoms with E-state index in [4.69, 9.17) is 10.2 Å². The Morgan fingerprint density at radius 1 is 1.07 bits per heavy atom. The van der Waals surface area contributed by atoms with Crippen LogP contribution in [-0.2, 0) is 0 Å². The van der Waals surface area contributed by atoms with Crippen molar-refractivity contribution in [2.75, 3.05) is 5.73 Å². The van der Waals surface area contributed by atoms with Crippen molar-refractivity contribution in [1.29, 1.82) is 0 Å². The van der Waals surface area contributed by atoms with Crippen LogP contribution in [0.15, 0.2) is 40.8 Å². The highest BCUT2D eigenvalue weighted by molar-refractivity contribution is 6.08. The monoisotopic (exact) mass is 201 g/mol. The van der Waals surface area contributed by atoms with Gasteiger partial charge in [0.05, 0.1) is 5.69 Å². The third-order valence-electron chi connectivity index (χ3n) is 2.49. The van der Waals surface area contributed by atoms with Gasteiger partial charge in [0.2, 0.25) is 0 Å². The molecule has 3 aromatic rings. The summed E-state index contributed by atoms with van der Waals surface area (Å²) in [6.07, 6.45) is 0. The first-order valence-corrected chi connectivity index (χ1v) is 4.62. The zero-order chi connectivity index (χ0) is 10.4. The molecule has 15 heavy (non-hydrogen) atoms. The molecule has 2 nitrogen and oxygen atoms in total. The molecule has 74 valence electrons. The Balaban J connectivity index is 2.57. The van der Waals surface area contributed by atoms with E-state index < -0.39 is 0 Å². The highest BCUT2D eigenvalue weighted by atomic mass is 19.1. The van der Waals surface area contributed by atoms with Crippen LogP contribution >= 0.6 is 0 Å². The van der Waals surface area contributed by atoms with Gasteiger partial charge in [0.1, 0.15) is 11.4 Å². The van der Waals surface area contributed by atoms with Gasteiger partial charge in [0.25, 0.3) is 0 Å². The molecular formula is C12H8FNO. The Bertz CT molecular complexity index is 657. The summed E-state index contributed by atoms with van der Waals surface area (Å²) in [6, 6.07) is 10.0. The van der Waals surface area contributed by atoms with Gasteiger partial charge < -0.3 is 10.2 Å². The van der Waals surface area contributed by atoms with E-state index in [9.17, 15) is 4.39 Å². The number of furan rings is 1. The number of nitrogens with two attached hydrogens (primary N) is 1. The average Bonchev–Trinajstić information content (AvgIpc) is 2.57. The first-order valence-electron chi connectivity index (χ1n) is 4.62. The van der Waals surface area contributed by atoms with Crippen molar-refractivity contribution in [1.82, 2.24) is 0 Å². The Morgan fingerprint density at radius 2 is 1.93 bits per heavy atom. The van der Waals surface area contributed by atoms with Crippen LogP contribution in [0.4, 0.5) is 10.1 Å². The summed E-state index contributed by atoms with van der Waals surface area (Å²) in [4.78, 5) is 0. The van der Waals surface area contributed by atoms with Crippen molar-refractivity contribution in [2.24, 2.45) is 0 Å². The molecule has 0 spiro atoms. The Kier molecular flexibility index (Phi) is 1.51. The lowest BCUT2D eigenvalue weighted by atomic mass is 10.1. The van der Waals surface area contributed by atoms with Gasteiger partial charge >= 0.3 is 0 Å². The SMILES string of the molecule is Nc1cccc2c1oc1cc(F)ccc12. The number of benzene rings is 2. The zero-order valence-corrected chi connectivity index (χ0v) is 7.83. The normalized spacial score (nSPS) is 11.3. The number of nitrogen functional groups attached to an aromatic ring is 1. The lowest BCUT2D eigenvalue weighted by Gasteiger charge is -1.91. The second-order valence-electron chi connectivity index (χ2n) is 3.47. The summed E-state index contributed by atoms with van der Waals surface area (Å²) in [6.45, 7) is 0. The molecule has 0 saturated heterocycles. The Hall–Kier alpha value is -2.03. The van der Waals surface area contributed by atoms with Gasteiger partial charge in [-0.25, -0.2) is 4.39 Å². The molecule has 0 saturated carbocycles. The lowest BCUT2D eigenvalue weighted by Crippen LogP contribution is -1.82. The van der Waals surface area contributed by atoms with E-state index in [0.29, 0.717) is 16.9 Å². The molecule has 3 rings (SSSR count). The predicted octanol–water partition coefficient (Wildman–Crippen LogP) is 3.31. The molecule has 0 unspecified atom stereocenters. The van der Waals surface area contributed by atoms with E-state index in [0.717, 1.165) is 10.8 Å². The number of hydrogen-bond donors (Lipinski definition) is 1. The van der Waals surface area contributed by atoms with Crippen molar-refractivity contribution in [3.05, 3.63) is 42.2 Å². The average molecular weight is 201 g/mol. The molecule has 0 amide bonds. The molecule has 2 N–H and O–H groups in total.